The zero-order valence-corrected chi connectivity index (χ0v) is 12.4. The second kappa shape index (κ2) is 6.03. The number of hydrogen-bond donors (Lipinski definition) is 1. The molecule has 0 aliphatic heterocycles. The first kappa shape index (κ1) is 13.7. The van der Waals surface area contributed by atoms with E-state index in [0.29, 0.717) is 10.7 Å². The van der Waals surface area contributed by atoms with E-state index in [9.17, 15) is 4.91 Å². The topological polar surface area (TPSA) is 54.4 Å². The fraction of sp³-hybridized carbons (Fsp3) is 0. The Kier molecular flexibility index (Phi) is 3.94. The number of aromatic nitrogens is 1. The summed E-state index contributed by atoms with van der Waals surface area (Å²) < 4.78 is 0. The van der Waals surface area contributed by atoms with Gasteiger partial charge in [-0.05, 0) is 35.5 Å². The Morgan fingerprint density at radius 3 is 2.81 bits per heavy atom. The van der Waals surface area contributed by atoms with Gasteiger partial charge in [0.25, 0.3) is 0 Å². The summed E-state index contributed by atoms with van der Waals surface area (Å²) in [5.74, 6) is 0. The van der Waals surface area contributed by atoms with Gasteiger partial charge in [0, 0.05) is 21.7 Å². The third-order valence-electron chi connectivity index (χ3n) is 2.83. The molecular weight excluding hydrogens is 306 g/mol. The van der Waals surface area contributed by atoms with Gasteiger partial charge >= 0.3 is 0 Å². The molecule has 0 radical (unpaired) electrons. The minimum atomic E-state index is 0.381. The number of nitrogens with zero attached hydrogens (tertiary/aromatic N) is 2. The van der Waals surface area contributed by atoms with Crippen LogP contribution < -0.4 is 5.32 Å². The largest absolute Gasteiger partial charge is 0.331 e. The monoisotopic (exact) mass is 315 g/mol. The molecule has 0 aliphatic rings. The molecule has 0 aliphatic carbocycles. The highest BCUT2D eigenvalue weighted by atomic mass is 35.5. The normalized spacial score (nSPS) is 10.3. The quantitative estimate of drug-likeness (QED) is 0.637. The van der Waals surface area contributed by atoms with Gasteiger partial charge in [-0.25, -0.2) is 4.98 Å². The number of rotatable bonds is 4. The van der Waals surface area contributed by atoms with E-state index in [2.05, 4.69) is 15.5 Å². The molecule has 1 N–H and O–H groups in total. The lowest BCUT2D eigenvalue weighted by atomic mass is 10.2. The molecule has 1 aromatic heterocycles. The molecule has 0 saturated carbocycles. The van der Waals surface area contributed by atoms with E-state index in [0.717, 1.165) is 22.1 Å². The number of nitroso groups, excluding NO2 is 1. The maximum absolute atomic E-state index is 10.5. The SMILES string of the molecule is O=Nc1cccc(Nc2nc(-c3cccc(Cl)c3)cs2)c1. The van der Waals surface area contributed by atoms with Crippen LogP contribution in [0.25, 0.3) is 11.3 Å². The minimum Gasteiger partial charge on any atom is -0.331 e. The standard InChI is InChI=1S/C15H10ClN3OS/c16-11-4-1-3-10(7-11)14-9-21-15(18-14)17-12-5-2-6-13(8-12)19-20/h1-9H,(H,17,18). The fourth-order valence-electron chi connectivity index (χ4n) is 1.88. The molecule has 2 aromatic carbocycles. The number of thiazole rings is 1. The van der Waals surface area contributed by atoms with Gasteiger partial charge in [0.2, 0.25) is 0 Å². The molecule has 104 valence electrons. The molecule has 3 rings (SSSR count). The molecule has 0 bridgehead atoms. The molecule has 0 amide bonds. The highest BCUT2D eigenvalue weighted by Gasteiger charge is 2.06. The van der Waals surface area contributed by atoms with Crippen LogP contribution in [0.15, 0.2) is 59.1 Å². The molecule has 0 unspecified atom stereocenters. The van der Waals surface area contributed by atoms with E-state index in [-0.39, 0.29) is 0 Å². The average Bonchev–Trinajstić information content (AvgIpc) is 2.96. The molecule has 4 nitrogen and oxygen atoms in total. The Morgan fingerprint density at radius 2 is 2.00 bits per heavy atom. The predicted octanol–water partition coefficient (Wildman–Crippen LogP) is 5.61. The molecule has 6 heteroatoms. The number of benzene rings is 2. The van der Waals surface area contributed by atoms with Gasteiger partial charge in [0.05, 0.1) is 5.69 Å². The fourth-order valence-corrected chi connectivity index (χ4v) is 2.81. The van der Waals surface area contributed by atoms with Crippen molar-refractivity contribution >= 4 is 39.4 Å². The summed E-state index contributed by atoms with van der Waals surface area (Å²) in [6.45, 7) is 0. The first-order chi connectivity index (χ1) is 10.2. The van der Waals surface area contributed by atoms with Crippen LogP contribution in [0.3, 0.4) is 0 Å². The second-order valence-electron chi connectivity index (χ2n) is 4.31. The summed E-state index contributed by atoms with van der Waals surface area (Å²) >= 11 is 7.47. The van der Waals surface area contributed by atoms with Gasteiger partial charge in [0.15, 0.2) is 5.13 Å². The molecule has 0 spiro atoms. The van der Waals surface area contributed by atoms with Crippen molar-refractivity contribution in [2.24, 2.45) is 5.18 Å². The number of hydrogen-bond acceptors (Lipinski definition) is 5. The van der Waals surface area contributed by atoms with E-state index in [4.69, 9.17) is 11.6 Å². The highest BCUT2D eigenvalue weighted by Crippen LogP contribution is 2.29. The predicted molar refractivity (Wildman–Crippen MR) is 87.7 cm³/mol. The molecule has 0 atom stereocenters. The van der Waals surface area contributed by atoms with Crippen LogP contribution >= 0.6 is 22.9 Å². The van der Waals surface area contributed by atoms with Crippen molar-refractivity contribution in [2.45, 2.75) is 0 Å². The van der Waals surface area contributed by atoms with Crippen LogP contribution in [0.5, 0.6) is 0 Å². The Hall–Kier alpha value is -2.24. The summed E-state index contributed by atoms with van der Waals surface area (Å²) in [5.41, 5.74) is 2.98. The molecule has 0 fully saturated rings. The maximum Gasteiger partial charge on any atom is 0.187 e. The Labute approximate surface area is 130 Å². The van der Waals surface area contributed by atoms with Crippen LogP contribution in [0.2, 0.25) is 5.02 Å². The summed E-state index contributed by atoms with van der Waals surface area (Å²) in [7, 11) is 0. The zero-order valence-electron chi connectivity index (χ0n) is 10.8. The summed E-state index contributed by atoms with van der Waals surface area (Å²) in [4.78, 5) is 15.0. The van der Waals surface area contributed by atoms with E-state index in [1.807, 2.05) is 35.7 Å². The summed E-state index contributed by atoms with van der Waals surface area (Å²) in [5, 5.41) is 9.45. The third kappa shape index (κ3) is 3.26. The highest BCUT2D eigenvalue weighted by molar-refractivity contribution is 7.14. The second-order valence-corrected chi connectivity index (χ2v) is 5.61. The lowest BCUT2D eigenvalue weighted by Gasteiger charge is -2.02. The first-order valence-corrected chi connectivity index (χ1v) is 7.42. The van der Waals surface area contributed by atoms with Crippen LogP contribution in [0.1, 0.15) is 0 Å². The van der Waals surface area contributed by atoms with Crippen molar-refractivity contribution < 1.29 is 0 Å². The van der Waals surface area contributed by atoms with Crippen LogP contribution in [0.4, 0.5) is 16.5 Å². The summed E-state index contributed by atoms with van der Waals surface area (Å²) in [6, 6.07) is 14.5. The van der Waals surface area contributed by atoms with Crippen molar-refractivity contribution in [3.63, 3.8) is 0 Å². The van der Waals surface area contributed by atoms with E-state index in [1.165, 1.54) is 11.3 Å². The van der Waals surface area contributed by atoms with E-state index in [1.54, 1.807) is 18.2 Å². The Balaban J connectivity index is 1.83. The maximum atomic E-state index is 10.5. The van der Waals surface area contributed by atoms with Crippen LogP contribution in [0, 0.1) is 4.91 Å². The Bertz CT molecular complexity index is 788. The lowest BCUT2D eigenvalue weighted by Crippen LogP contribution is -1.89. The molecule has 0 saturated heterocycles. The molecular formula is C15H10ClN3OS. The van der Waals surface area contributed by atoms with Gasteiger partial charge in [0.1, 0.15) is 5.69 Å². The Morgan fingerprint density at radius 1 is 1.14 bits per heavy atom. The van der Waals surface area contributed by atoms with Crippen molar-refractivity contribution in [1.29, 1.82) is 0 Å². The van der Waals surface area contributed by atoms with E-state index < -0.39 is 0 Å². The van der Waals surface area contributed by atoms with Gasteiger partial charge in [-0.3, -0.25) is 0 Å². The minimum absolute atomic E-state index is 0.381. The van der Waals surface area contributed by atoms with E-state index >= 15 is 0 Å². The summed E-state index contributed by atoms with van der Waals surface area (Å²) in [6.07, 6.45) is 0. The van der Waals surface area contributed by atoms with Crippen molar-refractivity contribution in [3.05, 3.63) is 63.8 Å². The first-order valence-electron chi connectivity index (χ1n) is 6.16. The van der Waals surface area contributed by atoms with Gasteiger partial charge in [-0.1, -0.05) is 29.8 Å². The number of anilines is 2. The smallest absolute Gasteiger partial charge is 0.187 e. The van der Waals surface area contributed by atoms with Crippen molar-refractivity contribution in [3.8, 4) is 11.3 Å². The lowest BCUT2D eigenvalue weighted by molar-refractivity contribution is 1.38. The van der Waals surface area contributed by atoms with Crippen molar-refractivity contribution in [2.75, 3.05) is 5.32 Å². The number of halogens is 1. The van der Waals surface area contributed by atoms with Crippen molar-refractivity contribution in [1.82, 2.24) is 4.98 Å². The van der Waals surface area contributed by atoms with Gasteiger partial charge in [-0.15, -0.1) is 16.2 Å². The van der Waals surface area contributed by atoms with Gasteiger partial charge in [-0.2, -0.15) is 0 Å². The average molecular weight is 316 g/mol. The van der Waals surface area contributed by atoms with Crippen LogP contribution in [-0.4, -0.2) is 4.98 Å². The molecule has 21 heavy (non-hydrogen) atoms. The molecule has 3 aromatic rings. The van der Waals surface area contributed by atoms with Crippen LogP contribution in [-0.2, 0) is 0 Å². The zero-order chi connectivity index (χ0) is 14.7. The third-order valence-corrected chi connectivity index (χ3v) is 3.82. The van der Waals surface area contributed by atoms with Gasteiger partial charge < -0.3 is 5.32 Å². The number of nitrogens with one attached hydrogen (secondary N) is 1. The molecule has 1 heterocycles.